The molecule has 0 aromatic heterocycles. The molecule has 0 bridgehead atoms. The highest BCUT2D eigenvalue weighted by atomic mass is 31.2. The Kier molecular flexibility index (Phi) is 4.56. The minimum Gasteiger partial charge on any atom is -0.326 e. The molecule has 0 spiro atoms. The van der Waals surface area contributed by atoms with Gasteiger partial charge in [-0.25, -0.2) is 4.79 Å². The van der Waals surface area contributed by atoms with Gasteiger partial charge in [-0.2, -0.15) is 13.2 Å². The van der Waals surface area contributed by atoms with E-state index in [4.69, 9.17) is 9.79 Å². The van der Waals surface area contributed by atoms with Crippen LogP contribution in [0, 0.1) is 0 Å². The SMILES string of the molecule is O=C(NCP(=O)(O)O)Nc1ccc(C(F)(F)F)cc1. The second-order valence-electron chi connectivity index (χ2n) is 3.53. The van der Waals surface area contributed by atoms with Gasteiger partial charge in [0, 0.05) is 5.69 Å². The Bertz CT molecular complexity index is 497. The highest BCUT2D eigenvalue weighted by molar-refractivity contribution is 7.51. The average Bonchev–Trinajstić information content (AvgIpc) is 2.25. The van der Waals surface area contributed by atoms with Crippen molar-refractivity contribution in [3.05, 3.63) is 29.8 Å². The Morgan fingerprint density at radius 1 is 1.21 bits per heavy atom. The van der Waals surface area contributed by atoms with Gasteiger partial charge in [-0.1, -0.05) is 0 Å². The van der Waals surface area contributed by atoms with Crippen molar-refractivity contribution in [2.75, 3.05) is 11.6 Å². The van der Waals surface area contributed by atoms with Crippen molar-refractivity contribution in [3.63, 3.8) is 0 Å². The van der Waals surface area contributed by atoms with Crippen LogP contribution in [-0.2, 0) is 10.7 Å². The monoisotopic (exact) mass is 298 g/mol. The summed E-state index contributed by atoms with van der Waals surface area (Å²) in [5, 5.41) is 4.01. The fourth-order valence-corrected chi connectivity index (χ4v) is 1.44. The largest absolute Gasteiger partial charge is 0.416 e. The molecule has 2 amide bonds. The standard InChI is InChI=1S/C9H10F3N2O4P/c10-9(11,12)6-1-3-7(4-2-6)14-8(15)13-5-19(16,17)18/h1-4H,5H2,(H2,13,14,15)(H2,16,17,18). The second kappa shape index (κ2) is 5.60. The zero-order chi connectivity index (χ0) is 14.7. The Morgan fingerprint density at radius 3 is 2.16 bits per heavy atom. The maximum Gasteiger partial charge on any atom is 0.416 e. The number of hydrogen-bond donors (Lipinski definition) is 4. The van der Waals surface area contributed by atoms with Gasteiger partial charge in [0.25, 0.3) is 0 Å². The molecule has 0 heterocycles. The van der Waals surface area contributed by atoms with Gasteiger partial charge in [0.05, 0.1) is 5.56 Å². The molecule has 1 rings (SSSR count). The van der Waals surface area contributed by atoms with Crippen LogP contribution in [0.1, 0.15) is 5.56 Å². The third kappa shape index (κ3) is 5.73. The molecule has 0 atom stereocenters. The topological polar surface area (TPSA) is 98.7 Å². The van der Waals surface area contributed by atoms with Crippen LogP contribution < -0.4 is 10.6 Å². The molecule has 10 heteroatoms. The number of rotatable bonds is 3. The lowest BCUT2D eigenvalue weighted by Gasteiger charge is -2.10. The molecular weight excluding hydrogens is 288 g/mol. The number of anilines is 1. The van der Waals surface area contributed by atoms with Gasteiger partial charge < -0.3 is 20.4 Å². The molecule has 106 valence electrons. The van der Waals surface area contributed by atoms with Crippen LogP contribution in [0.3, 0.4) is 0 Å². The summed E-state index contributed by atoms with van der Waals surface area (Å²) < 4.78 is 47.2. The highest BCUT2D eigenvalue weighted by Gasteiger charge is 2.29. The van der Waals surface area contributed by atoms with Crippen LogP contribution in [-0.4, -0.2) is 22.1 Å². The first-order chi connectivity index (χ1) is 8.58. The van der Waals surface area contributed by atoms with Crippen LogP contribution in [0.5, 0.6) is 0 Å². The molecule has 1 aromatic carbocycles. The van der Waals surface area contributed by atoms with Crippen LogP contribution in [0.15, 0.2) is 24.3 Å². The van der Waals surface area contributed by atoms with E-state index < -0.39 is 31.7 Å². The van der Waals surface area contributed by atoms with Gasteiger partial charge in [0.1, 0.15) is 6.29 Å². The Hall–Kier alpha value is -1.57. The van der Waals surface area contributed by atoms with Crippen molar-refractivity contribution in [2.24, 2.45) is 0 Å². The summed E-state index contributed by atoms with van der Waals surface area (Å²) in [6.07, 6.45) is -5.33. The van der Waals surface area contributed by atoms with Gasteiger partial charge in [0.2, 0.25) is 0 Å². The number of urea groups is 1. The third-order valence-corrected chi connectivity index (χ3v) is 2.49. The quantitative estimate of drug-likeness (QED) is 0.641. The molecule has 1 aromatic rings. The summed E-state index contributed by atoms with van der Waals surface area (Å²) in [6.45, 7) is 0. The summed E-state index contributed by atoms with van der Waals surface area (Å²) in [5.41, 5.74) is -0.801. The summed E-state index contributed by atoms with van der Waals surface area (Å²) >= 11 is 0. The number of halogens is 3. The molecule has 4 N–H and O–H groups in total. The molecule has 0 fully saturated rings. The molecule has 0 aliphatic heterocycles. The van der Waals surface area contributed by atoms with E-state index in [0.29, 0.717) is 0 Å². The minimum absolute atomic E-state index is 0.0659. The highest BCUT2D eigenvalue weighted by Crippen LogP contribution is 2.32. The molecule has 6 nitrogen and oxygen atoms in total. The fourth-order valence-electron chi connectivity index (χ4n) is 1.09. The summed E-state index contributed by atoms with van der Waals surface area (Å²) in [4.78, 5) is 28.2. The van der Waals surface area contributed by atoms with Gasteiger partial charge in [-0.05, 0) is 24.3 Å². The first-order valence-electron chi connectivity index (χ1n) is 4.84. The minimum atomic E-state index is -4.47. The number of alkyl halides is 3. The maximum absolute atomic E-state index is 12.2. The van der Waals surface area contributed by atoms with Crippen LogP contribution in [0.2, 0.25) is 0 Å². The van der Waals surface area contributed by atoms with Crippen molar-refractivity contribution in [2.45, 2.75) is 6.18 Å². The maximum atomic E-state index is 12.2. The van der Waals surface area contributed by atoms with E-state index in [1.54, 1.807) is 0 Å². The van der Waals surface area contributed by atoms with E-state index in [9.17, 15) is 22.5 Å². The lowest BCUT2D eigenvalue weighted by molar-refractivity contribution is -0.137. The Morgan fingerprint density at radius 2 is 1.74 bits per heavy atom. The molecule has 0 aliphatic carbocycles. The second-order valence-corrected chi connectivity index (χ2v) is 5.17. The van der Waals surface area contributed by atoms with E-state index in [2.05, 4.69) is 5.32 Å². The molecular formula is C9H10F3N2O4P. The van der Waals surface area contributed by atoms with Gasteiger partial charge in [0.15, 0.2) is 0 Å². The van der Waals surface area contributed by atoms with Gasteiger partial charge in [-0.15, -0.1) is 0 Å². The van der Waals surface area contributed by atoms with E-state index in [1.807, 2.05) is 5.32 Å². The van der Waals surface area contributed by atoms with Crippen molar-refractivity contribution >= 4 is 19.3 Å². The van der Waals surface area contributed by atoms with E-state index in [-0.39, 0.29) is 5.69 Å². The Balaban J connectivity index is 2.59. The molecule has 0 aliphatic rings. The molecule has 0 saturated carbocycles. The number of amides is 2. The number of carbonyl (C=O) groups excluding carboxylic acids is 1. The summed E-state index contributed by atoms with van der Waals surface area (Å²) in [7, 11) is -4.37. The van der Waals surface area contributed by atoms with Crippen molar-refractivity contribution < 1.29 is 32.3 Å². The zero-order valence-corrected chi connectivity index (χ0v) is 10.2. The predicted octanol–water partition coefficient (Wildman–Crippen LogP) is 1.96. The molecule has 0 radical (unpaired) electrons. The normalized spacial score (nSPS) is 12.1. The van der Waals surface area contributed by atoms with Crippen molar-refractivity contribution in [3.8, 4) is 0 Å². The van der Waals surface area contributed by atoms with E-state index in [0.717, 1.165) is 24.3 Å². The van der Waals surface area contributed by atoms with Crippen LogP contribution in [0.25, 0.3) is 0 Å². The molecule has 19 heavy (non-hydrogen) atoms. The first kappa shape index (κ1) is 15.5. The van der Waals surface area contributed by atoms with Crippen molar-refractivity contribution in [1.82, 2.24) is 5.32 Å². The van der Waals surface area contributed by atoms with E-state index in [1.165, 1.54) is 0 Å². The smallest absolute Gasteiger partial charge is 0.326 e. The number of carbonyl (C=O) groups is 1. The average molecular weight is 298 g/mol. The lowest BCUT2D eigenvalue weighted by Crippen LogP contribution is -2.29. The lowest BCUT2D eigenvalue weighted by atomic mass is 10.2. The number of hydrogen-bond acceptors (Lipinski definition) is 2. The van der Waals surface area contributed by atoms with Gasteiger partial charge in [-0.3, -0.25) is 4.57 Å². The third-order valence-electron chi connectivity index (χ3n) is 1.92. The van der Waals surface area contributed by atoms with Crippen molar-refractivity contribution in [1.29, 1.82) is 0 Å². The predicted molar refractivity (Wildman–Crippen MR) is 60.5 cm³/mol. The molecule has 0 unspecified atom stereocenters. The fraction of sp³-hybridized carbons (Fsp3) is 0.222. The van der Waals surface area contributed by atoms with Gasteiger partial charge >= 0.3 is 19.8 Å². The first-order valence-corrected chi connectivity index (χ1v) is 6.64. The summed E-state index contributed by atoms with van der Waals surface area (Å²) in [5.74, 6) is 0. The number of nitrogens with one attached hydrogen (secondary N) is 2. The van der Waals surface area contributed by atoms with Crippen LogP contribution >= 0.6 is 7.60 Å². The molecule has 0 saturated heterocycles. The number of benzene rings is 1. The zero-order valence-electron chi connectivity index (χ0n) is 9.31. The Labute approximate surface area is 105 Å². The summed E-state index contributed by atoms with van der Waals surface area (Å²) in [6, 6.07) is 2.68. The van der Waals surface area contributed by atoms with E-state index >= 15 is 0 Å². The van der Waals surface area contributed by atoms with Crippen LogP contribution in [0.4, 0.5) is 23.7 Å².